The molecule has 1 fully saturated rings. The molecule has 0 saturated carbocycles. The van der Waals surface area contributed by atoms with E-state index in [1.54, 1.807) is 7.11 Å². The fourth-order valence-corrected chi connectivity index (χ4v) is 2.10. The molecule has 5 nitrogen and oxygen atoms in total. The van der Waals surface area contributed by atoms with Crippen molar-refractivity contribution < 1.29 is 9.53 Å². The van der Waals surface area contributed by atoms with Gasteiger partial charge in [0.25, 0.3) is 0 Å². The molecule has 1 heterocycles. The van der Waals surface area contributed by atoms with Crippen molar-refractivity contribution in [3.8, 4) is 11.8 Å². The summed E-state index contributed by atoms with van der Waals surface area (Å²) in [6.07, 6.45) is 0.184. The van der Waals surface area contributed by atoms with Crippen LogP contribution in [0.15, 0.2) is 24.3 Å². The van der Waals surface area contributed by atoms with Crippen molar-refractivity contribution in [2.75, 3.05) is 25.1 Å². The van der Waals surface area contributed by atoms with Crippen LogP contribution in [-0.2, 0) is 4.79 Å². The maximum atomic E-state index is 11.8. The highest BCUT2D eigenvalue weighted by atomic mass is 16.5. The Balaban J connectivity index is 2.28. The van der Waals surface area contributed by atoms with Crippen molar-refractivity contribution >= 4 is 11.6 Å². The largest absolute Gasteiger partial charge is 0.497 e. The van der Waals surface area contributed by atoms with E-state index in [4.69, 9.17) is 10.00 Å². The van der Waals surface area contributed by atoms with E-state index in [1.807, 2.05) is 29.2 Å². The molecule has 0 bridgehead atoms. The van der Waals surface area contributed by atoms with Gasteiger partial charge >= 0.3 is 0 Å². The van der Waals surface area contributed by atoms with Gasteiger partial charge in [-0.1, -0.05) is 6.07 Å². The first-order valence-corrected chi connectivity index (χ1v) is 5.81. The highest BCUT2D eigenvalue weighted by Crippen LogP contribution is 2.24. The number of piperazine rings is 1. The van der Waals surface area contributed by atoms with E-state index in [0.29, 0.717) is 13.1 Å². The lowest BCUT2D eigenvalue weighted by Gasteiger charge is -2.35. The molecule has 1 amide bonds. The number of rotatable bonds is 3. The number of methoxy groups -OCH3 is 1. The van der Waals surface area contributed by atoms with Crippen LogP contribution in [0.5, 0.6) is 5.75 Å². The third kappa shape index (κ3) is 2.38. The predicted octanol–water partition coefficient (Wildman–Crippen LogP) is 0.914. The lowest BCUT2D eigenvalue weighted by atomic mass is 10.1. The summed E-state index contributed by atoms with van der Waals surface area (Å²) in [5.74, 6) is 0.653. The number of hydrogen-bond donors (Lipinski definition) is 1. The minimum absolute atomic E-state index is 0.0920. The summed E-state index contributed by atoms with van der Waals surface area (Å²) in [7, 11) is 1.61. The van der Waals surface area contributed by atoms with Gasteiger partial charge in [0.2, 0.25) is 5.91 Å². The molecule has 5 heteroatoms. The van der Waals surface area contributed by atoms with E-state index in [9.17, 15) is 4.79 Å². The number of anilines is 1. The SMILES string of the molecule is COc1cccc(N2CCNC(=O)C2CC#N)c1. The number of amides is 1. The van der Waals surface area contributed by atoms with Crippen molar-refractivity contribution in [1.29, 1.82) is 5.26 Å². The van der Waals surface area contributed by atoms with Gasteiger partial charge in [0.05, 0.1) is 19.6 Å². The molecule has 1 atom stereocenters. The molecular weight excluding hydrogens is 230 g/mol. The van der Waals surface area contributed by atoms with Gasteiger partial charge in [-0.05, 0) is 12.1 Å². The van der Waals surface area contributed by atoms with Crippen LogP contribution in [0.1, 0.15) is 6.42 Å². The Bertz CT molecular complexity index is 481. The van der Waals surface area contributed by atoms with Crippen molar-refractivity contribution in [3.63, 3.8) is 0 Å². The van der Waals surface area contributed by atoms with E-state index in [1.165, 1.54) is 0 Å². The molecule has 1 aliphatic heterocycles. The second-order valence-corrected chi connectivity index (χ2v) is 4.06. The standard InChI is InChI=1S/C13H15N3O2/c1-18-11-4-2-3-10(9-11)16-8-7-15-13(17)12(16)5-6-14/h2-4,9,12H,5,7-8H2,1H3,(H,15,17). The van der Waals surface area contributed by atoms with E-state index in [-0.39, 0.29) is 12.3 Å². The molecule has 1 aromatic rings. The van der Waals surface area contributed by atoms with Gasteiger partial charge < -0.3 is 15.0 Å². The number of ether oxygens (including phenoxy) is 1. The molecule has 1 saturated heterocycles. The lowest BCUT2D eigenvalue weighted by Crippen LogP contribution is -2.55. The van der Waals surface area contributed by atoms with Crippen molar-refractivity contribution in [2.24, 2.45) is 0 Å². The molecular formula is C13H15N3O2. The monoisotopic (exact) mass is 245 g/mol. The van der Waals surface area contributed by atoms with Gasteiger partial charge in [-0.15, -0.1) is 0 Å². The van der Waals surface area contributed by atoms with Crippen LogP contribution in [0.2, 0.25) is 0 Å². The second-order valence-electron chi connectivity index (χ2n) is 4.06. The van der Waals surface area contributed by atoms with E-state index in [0.717, 1.165) is 11.4 Å². The molecule has 1 aliphatic rings. The molecule has 0 aromatic heterocycles. The maximum absolute atomic E-state index is 11.8. The molecule has 1 N–H and O–H groups in total. The van der Waals surface area contributed by atoms with Crippen LogP contribution in [0, 0.1) is 11.3 Å². The Labute approximate surface area is 106 Å². The van der Waals surface area contributed by atoms with E-state index in [2.05, 4.69) is 11.4 Å². The summed E-state index contributed by atoms with van der Waals surface area (Å²) < 4.78 is 5.18. The number of nitrogens with zero attached hydrogens (tertiary/aromatic N) is 2. The van der Waals surface area contributed by atoms with Gasteiger partial charge in [-0.3, -0.25) is 4.79 Å². The van der Waals surface area contributed by atoms with Crippen LogP contribution in [0.25, 0.3) is 0 Å². The molecule has 1 aromatic carbocycles. The van der Waals surface area contributed by atoms with Crippen molar-refractivity contribution in [2.45, 2.75) is 12.5 Å². The average Bonchev–Trinajstić information content (AvgIpc) is 2.41. The second kappa shape index (κ2) is 5.41. The maximum Gasteiger partial charge on any atom is 0.243 e. The van der Waals surface area contributed by atoms with Gasteiger partial charge in [0.1, 0.15) is 11.8 Å². The fourth-order valence-electron chi connectivity index (χ4n) is 2.10. The van der Waals surface area contributed by atoms with Crippen LogP contribution in [-0.4, -0.2) is 32.1 Å². The summed E-state index contributed by atoms with van der Waals surface area (Å²) in [5.41, 5.74) is 0.907. The zero-order valence-electron chi connectivity index (χ0n) is 10.2. The van der Waals surface area contributed by atoms with Crippen molar-refractivity contribution in [3.05, 3.63) is 24.3 Å². The first kappa shape index (κ1) is 12.2. The summed E-state index contributed by atoms with van der Waals surface area (Å²) in [6, 6.07) is 9.18. The normalized spacial score (nSPS) is 19.0. The third-order valence-corrected chi connectivity index (χ3v) is 3.00. The fraction of sp³-hybridized carbons (Fsp3) is 0.385. The molecule has 18 heavy (non-hydrogen) atoms. The molecule has 2 rings (SSSR count). The Hall–Kier alpha value is -2.22. The minimum atomic E-state index is -0.421. The van der Waals surface area contributed by atoms with Crippen LogP contribution in [0.3, 0.4) is 0 Å². The third-order valence-electron chi connectivity index (χ3n) is 3.00. The quantitative estimate of drug-likeness (QED) is 0.859. The van der Waals surface area contributed by atoms with E-state index >= 15 is 0 Å². The zero-order chi connectivity index (χ0) is 13.0. The number of carbonyl (C=O) groups excluding carboxylic acids is 1. The van der Waals surface area contributed by atoms with Crippen LogP contribution < -0.4 is 15.0 Å². The lowest BCUT2D eigenvalue weighted by molar-refractivity contribution is -0.123. The smallest absolute Gasteiger partial charge is 0.243 e. The Kier molecular flexibility index (Phi) is 3.68. The topological polar surface area (TPSA) is 65.4 Å². The predicted molar refractivity (Wildman–Crippen MR) is 67.4 cm³/mol. The summed E-state index contributed by atoms with van der Waals surface area (Å²) in [6.45, 7) is 1.29. The molecule has 1 unspecified atom stereocenters. The summed E-state index contributed by atoms with van der Waals surface area (Å²) >= 11 is 0. The Morgan fingerprint density at radius 2 is 2.44 bits per heavy atom. The Morgan fingerprint density at radius 1 is 1.61 bits per heavy atom. The number of nitrogens with one attached hydrogen (secondary N) is 1. The Morgan fingerprint density at radius 3 is 3.17 bits per heavy atom. The first-order chi connectivity index (χ1) is 8.76. The van der Waals surface area contributed by atoms with Gasteiger partial charge in [0.15, 0.2) is 0 Å². The molecule has 0 spiro atoms. The number of hydrogen-bond acceptors (Lipinski definition) is 4. The number of benzene rings is 1. The first-order valence-electron chi connectivity index (χ1n) is 5.81. The van der Waals surface area contributed by atoms with E-state index < -0.39 is 6.04 Å². The zero-order valence-corrected chi connectivity index (χ0v) is 10.2. The number of carbonyl (C=O) groups is 1. The number of nitriles is 1. The van der Waals surface area contributed by atoms with Gasteiger partial charge in [-0.2, -0.15) is 5.26 Å². The average molecular weight is 245 g/mol. The van der Waals surface area contributed by atoms with Gasteiger partial charge in [-0.25, -0.2) is 0 Å². The minimum Gasteiger partial charge on any atom is -0.497 e. The highest BCUT2D eigenvalue weighted by molar-refractivity contribution is 5.86. The summed E-state index contributed by atoms with van der Waals surface area (Å²) in [5, 5.41) is 11.6. The molecule has 0 radical (unpaired) electrons. The molecule has 94 valence electrons. The highest BCUT2D eigenvalue weighted by Gasteiger charge is 2.29. The van der Waals surface area contributed by atoms with Gasteiger partial charge in [0, 0.05) is 24.8 Å². The summed E-state index contributed by atoms with van der Waals surface area (Å²) in [4.78, 5) is 13.7. The van der Waals surface area contributed by atoms with Crippen molar-refractivity contribution in [1.82, 2.24) is 5.32 Å². The molecule has 0 aliphatic carbocycles. The van der Waals surface area contributed by atoms with Crippen LogP contribution in [0.4, 0.5) is 5.69 Å². The van der Waals surface area contributed by atoms with Crippen LogP contribution >= 0.6 is 0 Å².